The zero-order chi connectivity index (χ0) is 12.4. The van der Waals surface area contributed by atoms with E-state index in [0.717, 1.165) is 5.69 Å². The van der Waals surface area contributed by atoms with E-state index in [4.69, 9.17) is 11.6 Å². The van der Waals surface area contributed by atoms with E-state index in [-0.39, 0.29) is 16.3 Å². The van der Waals surface area contributed by atoms with Crippen LogP contribution in [0.15, 0.2) is 24.3 Å². The molecule has 1 aliphatic heterocycles. The highest BCUT2D eigenvalue weighted by atomic mass is 35.5. The lowest BCUT2D eigenvalue weighted by molar-refractivity contribution is -0.117. The van der Waals surface area contributed by atoms with E-state index in [1.165, 1.54) is 18.7 Å². The number of halogens is 1. The molecule has 1 aromatic carbocycles. The first-order chi connectivity index (χ1) is 8.08. The summed E-state index contributed by atoms with van der Waals surface area (Å²) in [6, 6.07) is 7.25. The highest BCUT2D eigenvalue weighted by Gasteiger charge is 2.32. The van der Waals surface area contributed by atoms with Crippen LogP contribution in [-0.2, 0) is 9.59 Å². The van der Waals surface area contributed by atoms with Crippen molar-refractivity contribution < 1.29 is 9.59 Å². The summed E-state index contributed by atoms with van der Waals surface area (Å²) in [4.78, 5) is 24.5. The van der Waals surface area contributed by atoms with Crippen molar-refractivity contribution >= 4 is 40.1 Å². The number of benzene rings is 1. The average Bonchev–Trinajstić information content (AvgIpc) is 2.59. The Kier molecular flexibility index (Phi) is 3.74. The highest BCUT2D eigenvalue weighted by Crippen LogP contribution is 2.32. The van der Waals surface area contributed by atoms with Crippen molar-refractivity contribution in [1.29, 1.82) is 0 Å². The molecular weight excluding hydrogens is 258 g/mol. The first-order valence-electron chi connectivity index (χ1n) is 5.30. The van der Waals surface area contributed by atoms with Gasteiger partial charge in [0.05, 0.1) is 10.7 Å². The van der Waals surface area contributed by atoms with Gasteiger partial charge in [0.15, 0.2) is 5.12 Å². The predicted octanol–water partition coefficient (Wildman–Crippen LogP) is 2.73. The van der Waals surface area contributed by atoms with Gasteiger partial charge in [-0.3, -0.25) is 9.59 Å². The van der Waals surface area contributed by atoms with Gasteiger partial charge in [0.1, 0.15) is 0 Å². The first-order valence-corrected chi connectivity index (χ1v) is 6.56. The second kappa shape index (κ2) is 5.10. The van der Waals surface area contributed by atoms with Crippen molar-refractivity contribution in [3.63, 3.8) is 0 Å². The monoisotopic (exact) mass is 269 g/mol. The molecule has 3 nitrogen and oxygen atoms in total. The molecule has 1 unspecified atom stereocenters. The number of anilines is 1. The van der Waals surface area contributed by atoms with Gasteiger partial charge < -0.3 is 4.90 Å². The maximum absolute atomic E-state index is 11.9. The fraction of sp³-hybridized carbons (Fsp3) is 0.333. The van der Waals surface area contributed by atoms with Crippen LogP contribution in [0.4, 0.5) is 5.69 Å². The molecule has 0 aliphatic carbocycles. The average molecular weight is 270 g/mol. The number of thioether (sulfide) groups is 1. The Balaban J connectivity index is 2.16. The van der Waals surface area contributed by atoms with Crippen molar-refractivity contribution in [3.8, 4) is 0 Å². The lowest BCUT2D eigenvalue weighted by atomic mass is 10.3. The summed E-state index contributed by atoms with van der Waals surface area (Å²) in [5.74, 6) is 0.0249. The fourth-order valence-corrected chi connectivity index (χ4v) is 3.05. The van der Waals surface area contributed by atoms with Crippen LogP contribution in [0, 0.1) is 0 Å². The second-order valence-corrected chi connectivity index (χ2v) is 5.78. The van der Waals surface area contributed by atoms with Gasteiger partial charge in [-0.05, 0) is 12.1 Å². The molecule has 0 spiro atoms. The summed E-state index contributed by atoms with van der Waals surface area (Å²) in [6.07, 6.45) is 0.398. The third-order valence-corrected chi connectivity index (χ3v) is 3.87. The van der Waals surface area contributed by atoms with Gasteiger partial charge in [-0.25, -0.2) is 0 Å². The van der Waals surface area contributed by atoms with Crippen LogP contribution >= 0.6 is 23.4 Å². The zero-order valence-electron chi connectivity index (χ0n) is 9.35. The van der Waals surface area contributed by atoms with Gasteiger partial charge in [0, 0.05) is 25.1 Å². The molecular formula is C12H12ClNO2S. The molecule has 0 bridgehead atoms. The molecule has 1 heterocycles. The normalized spacial score (nSPS) is 19.8. The number of rotatable bonds is 2. The van der Waals surface area contributed by atoms with Crippen LogP contribution in [0.3, 0.4) is 0 Å². The van der Waals surface area contributed by atoms with Crippen molar-refractivity contribution in [2.24, 2.45) is 0 Å². The van der Waals surface area contributed by atoms with Crippen LogP contribution in [-0.4, -0.2) is 22.8 Å². The topological polar surface area (TPSA) is 37.4 Å². The zero-order valence-corrected chi connectivity index (χ0v) is 10.9. The first kappa shape index (κ1) is 12.5. The van der Waals surface area contributed by atoms with Gasteiger partial charge in [-0.1, -0.05) is 35.5 Å². The van der Waals surface area contributed by atoms with E-state index >= 15 is 0 Å². The third kappa shape index (κ3) is 2.82. The molecule has 1 amide bonds. The quantitative estimate of drug-likeness (QED) is 0.828. The number of nitrogens with zero attached hydrogens (tertiary/aromatic N) is 1. The Morgan fingerprint density at radius 1 is 1.47 bits per heavy atom. The molecule has 0 N–H and O–H groups in total. The van der Waals surface area contributed by atoms with Crippen LogP contribution in [0.5, 0.6) is 0 Å². The minimum atomic E-state index is 0.0249. The summed E-state index contributed by atoms with van der Waals surface area (Å²) in [7, 11) is 0. The largest absolute Gasteiger partial charge is 0.310 e. The van der Waals surface area contributed by atoms with Crippen molar-refractivity contribution in [3.05, 3.63) is 29.3 Å². The Hall–Kier alpha value is -1.00. The lowest BCUT2D eigenvalue weighted by Gasteiger charge is -2.17. The van der Waals surface area contributed by atoms with E-state index in [1.54, 1.807) is 11.0 Å². The number of amides is 1. The van der Waals surface area contributed by atoms with Gasteiger partial charge in [-0.15, -0.1) is 0 Å². The molecule has 90 valence electrons. The molecule has 1 aliphatic rings. The van der Waals surface area contributed by atoms with E-state index in [0.29, 0.717) is 18.0 Å². The molecule has 17 heavy (non-hydrogen) atoms. The maximum atomic E-state index is 11.9. The molecule has 5 heteroatoms. The van der Waals surface area contributed by atoms with Crippen molar-refractivity contribution in [2.75, 3.05) is 11.4 Å². The smallest absolute Gasteiger partial charge is 0.228 e. The highest BCUT2D eigenvalue weighted by molar-refractivity contribution is 8.14. The minimum Gasteiger partial charge on any atom is -0.310 e. The number of carbonyl (C=O) groups is 2. The van der Waals surface area contributed by atoms with Gasteiger partial charge >= 0.3 is 0 Å². The Morgan fingerprint density at radius 2 is 2.18 bits per heavy atom. The minimum absolute atomic E-state index is 0.0249. The fourth-order valence-electron chi connectivity index (χ4n) is 1.89. The SMILES string of the molecule is CC(=O)SC1CC(=O)N(c2ccccc2Cl)C1. The van der Waals surface area contributed by atoms with Gasteiger partial charge in [-0.2, -0.15) is 0 Å². The Labute approximate surface area is 109 Å². The number of carbonyl (C=O) groups excluding carboxylic acids is 2. The standard InChI is InChI=1S/C12H12ClNO2S/c1-8(15)17-9-6-12(16)14(7-9)11-5-3-2-4-10(11)13/h2-5,9H,6-7H2,1H3. The summed E-state index contributed by atoms with van der Waals surface area (Å²) in [5, 5.41) is 0.648. The van der Waals surface area contributed by atoms with Crippen LogP contribution in [0.2, 0.25) is 5.02 Å². The molecule has 0 radical (unpaired) electrons. The number of hydrogen-bond donors (Lipinski definition) is 0. The van der Waals surface area contributed by atoms with E-state index in [1.807, 2.05) is 18.2 Å². The van der Waals surface area contributed by atoms with Gasteiger partial charge in [0.2, 0.25) is 5.91 Å². The lowest BCUT2D eigenvalue weighted by Crippen LogP contribution is -2.25. The molecule has 2 rings (SSSR count). The van der Waals surface area contributed by atoms with Gasteiger partial charge in [0.25, 0.3) is 0 Å². The van der Waals surface area contributed by atoms with E-state index in [2.05, 4.69) is 0 Å². The van der Waals surface area contributed by atoms with Crippen LogP contribution < -0.4 is 4.90 Å². The molecule has 1 fully saturated rings. The molecule has 1 atom stereocenters. The molecule has 1 saturated heterocycles. The van der Waals surface area contributed by atoms with E-state index in [9.17, 15) is 9.59 Å². The third-order valence-electron chi connectivity index (χ3n) is 2.57. The van der Waals surface area contributed by atoms with Crippen molar-refractivity contribution in [2.45, 2.75) is 18.6 Å². The number of hydrogen-bond acceptors (Lipinski definition) is 3. The Bertz CT molecular complexity index is 464. The summed E-state index contributed by atoms with van der Waals surface area (Å²) >= 11 is 7.28. The Morgan fingerprint density at radius 3 is 2.82 bits per heavy atom. The van der Waals surface area contributed by atoms with Crippen LogP contribution in [0.1, 0.15) is 13.3 Å². The summed E-state index contributed by atoms with van der Waals surface area (Å²) < 4.78 is 0. The molecule has 0 aromatic heterocycles. The van der Waals surface area contributed by atoms with Crippen LogP contribution in [0.25, 0.3) is 0 Å². The predicted molar refractivity (Wildman–Crippen MR) is 70.5 cm³/mol. The van der Waals surface area contributed by atoms with Crippen molar-refractivity contribution in [1.82, 2.24) is 0 Å². The second-order valence-electron chi connectivity index (χ2n) is 3.89. The molecule has 0 saturated carbocycles. The molecule has 1 aromatic rings. The summed E-state index contributed by atoms with van der Waals surface area (Å²) in [5.41, 5.74) is 0.728. The number of para-hydroxylation sites is 1. The maximum Gasteiger partial charge on any atom is 0.228 e. The van der Waals surface area contributed by atoms with E-state index < -0.39 is 0 Å². The summed E-state index contributed by atoms with van der Waals surface area (Å²) in [6.45, 7) is 2.07.